The van der Waals surface area contributed by atoms with Gasteiger partial charge in [-0.3, -0.25) is 8.98 Å². The van der Waals surface area contributed by atoms with Crippen LogP contribution in [0.25, 0.3) is 0 Å². The minimum absolute atomic E-state index is 0.0353. The van der Waals surface area contributed by atoms with Crippen molar-refractivity contribution in [2.24, 2.45) is 33.5 Å². The van der Waals surface area contributed by atoms with E-state index in [1.165, 1.54) is 6.92 Å². The van der Waals surface area contributed by atoms with Crippen LogP contribution < -0.4 is 0 Å². The zero-order valence-corrected chi connectivity index (χ0v) is 35.9. The molecule has 8 rings (SSSR count). The second-order valence-corrected chi connectivity index (χ2v) is 21.7. The molecule has 0 aromatic heterocycles. The van der Waals surface area contributed by atoms with Crippen molar-refractivity contribution in [2.45, 2.75) is 197 Å². The molecule has 18 heteroatoms. The lowest BCUT2D eigenvalue weighted by molar-refractivity contribution is -0.362. The van der Waals surface area contributed by atoms with E-state index in [9.17, 15) is 48.4 Å². The average molecular weight is 860 g/mol. The Balaban J connectivity index is 1.07. The number of allylic oxidation sites excluding steroid dienone is 1. The molecule has 0 unspecified atom stereocenters. The van der Waals surface area contributed by atoms with E-state index in [4.69, 9.17) is 28.4 Å². The van der Waals surface area contributed by atoms with E-state index in [1.54, 1.807) is 6.92 Å². The molecular weight excluding hydrogens is 797 g/mol. The molecule has 8 aliphatic rings. The molecule has 0 amide bonds. The average Bonchev–Trinajstić information content (AvgIpc) is 3.70. The van der Waals surface area contributed by atoms with Gasteiger partial charge in [-0.05, 0) is 107 Å². The molecule has 0 radical (unpaired) electrons. The van der Waals surface area contributed by atoms with Gasteiger partial charge in [0.25, 0.3) is 0 Å². The summed E-state index contributed by atoms with van der Waals surface area (Å²) in [4.78, 5) is 14.5. The van der Waals surface area contributed by atoms with Crippen molar-refractivity contribution in [3.8, 4) is 0 Å². The molecule has 4 heterocycles. The van der Waals surface area contributed by atoms with Crippen molar-refractivity contribution >= 4 is 16.4 Å². The minimum Gasteiger partial charge on any atom is -0.726 e. The number of esters is 1. The van der Waals surface area contributed by atoms with Crippen LogP contribution in [0.4, 0.5) is 0 Å². The maximum absolute atomic E-state index is 14.5. The topological polar surface area (TPSA) is 260 Å². The van der Waals surface area contributed by atoms with Crippen LogP contribution in [0.15, 0.2) is 11.6 Å². The molecule has 4 aliphatic carbocycles. The number of ether oxygens (including phenoxy) is 6. The zero-order valence-electron chi connectivity index (χ0n) is 35.1. The number of hydrogen-bond acceptors (Lipinski definition) is 17. The molecule has 19 atom stereocenters. The van der Waals surface area contributed by atoms with Crippen molar-refractivity contribution in [1.82, 2.24) is 0 Å². The number of aliphatic hydroxyl groups excluding tert-OH is 5. The molecule has 0 bridgehead atoms. The summed E-state index contributed by atoms with van der Waals surface area (Å²) in [5.74, 6) is -0.763. The number of hydrogen-bond donors (Lipinski definition) is 6. The number of carbonyl (C=O) groups excluding carboxylic acids is 1. The van der Waals surface area contributed by atoms with Gasteiger partial charge in [0.15, 0.2) is 18.2 Å². The Morgan fingerprint density at radius 1 is 0.831 bits per heavy atom. The first-order valence-electron chi connectivity index (χ1n) is 21.2. The summed E-state index contributed by atoms with van der Waals surface area (Å²) in [6, 6.07) is 0. The summed E-state index contributed by atoms with van der Waals surface area (Å²) in [7, 11) is -5.29. The third-order valence-electron chi connectivity index (χ3n) is 16.9. The van der Waals surface area contributed by atoms with Crippen LogP contribution in [0.1, 0.15) is 107 Å². The molecule has 4 saturated heterocycles. The summed E-state index contributed by atoms with van der Waals surface area (Å²) < 4.78 is 76.1. The minimum atomic E-state index is -5.29. The predicted molar refractivity (Wildman–Crippen MR) is 201 cm³/mol. The Morgan fingerprint density at radius 3 is 2.17 bits per heavy atom. The van der Waals surface area contributed by atoms with Crippen LogP contribution in [-0.4, -0.2) is 147 Å². The first-order valence-corrected chi connectivity index (χ1v) is 22.5. The van der Waals surface area contributed by atoms with Gasteiger partial charge >= 0.3 is 5.97 Å². The fourth-order valence-electron chi connectivity index (χ4n) is 13.7. The van der Waals surface area contributed by atoms with Gasteiger partial charge in [-0.15, -0.1) is 0 Å². The van der Waals surface area contributed by atoms with Crippen LogP contribution in [0.5, 0.6) is 0 Å². The van der Waals surface area contributed by atoms with E-state index in [-0.39, 0.29) is 18.3 Å². The molecule has 3 saturated carbocycles. The first-order chi connectivity index (χ1) is 27.2. The quantitative estimate of drug-likeness (QED) is 0.0688. The molecule has 6 N–H and O–H groups in total. The molecule has 1 spiro atoms. The molecule has 0 aromatic rings. The highest BCUT2D eigenvalue weighted by Crippen LogP contribution is 2.77. The monoisotopic (exact) mass is 859 g/mol. The molecule has 7 fully saturated rings. The molecule has 4 aliphatic heterocycles. The van der Waals surface area contributed by atoms with Gasteiger partial charge in [0.2, 0.25) is 10.4 Å². The van der Waals surface area contributed by atoms with E-state index in [1.807, 2.05) is 26.8 Å². The van der Waals surface area contributed by atoms with E-state index in [0.29, 0.717) is 38.5 Å². The summed E-state index contributed by atoms with van der Waals surface area (Å²) in [6.07, 6.45) is -10.0. The maximum Gasteiger partial charge on any atom is 0.319 e. The first kappa shape index (κ1) is 44.3. The van der Waals surface area contributed by atoms with Crippen LogP contribution >= 0.6 is 0 Å². The molecular formula is C41H63O17S-. The largest absolute Gasteiger partial charge is 0.726 e. The van der Waals surface area contributed by atoms with Gasteiger partial charge in [-0.1, -0.05) is 39.3 Å². The number of fused-ring (bicyclic) bond motifs is 4. The highest BCUT2D eigenvalue weighted by molar-refractivity contribution is 7.80. The van der Waals surface area contributed by atoms with Gasteiger partial charge in [0.05, 0.1) is 30.5 Å². The zero-order chi connectivity index (χ0) is 43.3. The van der Waals surface area contributed by atoms with Gasteiger partial charge in [-0.25, -0.2) is 8.42 Å². The lowest BCUT2D eigenvalue weighted by Gasteiger charge is -2.64. The highest BCUT2D eigenvalue weighted by atomic mass is 32.3. The van der Waals surface area contributed by atoms with E-state index in [0.717, 1.165) is 12.0 Å². The maximum atomic E-state index is 14.5. The van der Waals surface area contributed by atoms with Gasteiger partial charge in [0, 0.05) is 0 Å². The van der Waals surface area contributed by atoms with Crippen molar-refractivity contribution in [3.05, 3.63) is 11.6 Å². The SMILES string of the molecule is C[C@H]1O[C@@H](O[C@H]2[C@H](O[C@H]3CC[C@]4(C)C5=C[C@H](O)[C@]67C(=O)O[C@@](C)([C@@H]8CCC(C)(C)O8)[C@@]6(O)CC[C@@]7(C)[C@@H]5CC[C@H]4C3(C)C)OC[C@@H](OS(=O)(=O)[O-])[C@@H]2O)[C@H](O)[C@@H](O)[C@@H]1O. The van der Waals surface area contributed by atoms with E-state index < -0.39 is 135 Å². The summed E-state index contributed by atoms with van der Waals surface area (Å²) in [5.41, 5.74) is -5.93. The smallest absolute Gasteiger partial charge is 0.319 e. The van der Waals surface area contributed by atoms with Crippen LogP contribution in [-0.2, 0) is 47.8 Å². The van der Waals surface area contributed by atoms with E-state index in [2.05, 4.69) is 25.0 Å². The van der Waals surface area contributed by atoms with Gasteiger partial charge in [0.1, 0.15) is 53.7 Å². The standard InChI is InChI=1S/C41H64O17S/c1-19-27(43)29(45)30(46)32(53-19)55-31-28(44)22(58-59(49,50)51)18-52-33(31)54-25-12-14-37(6)21-17-24(42)41-34(47)57-39(8,26-11-13-35(2,3)56-26)40(41,48)16-15-38(41,7)20(21)9-10-23(37)36(25,4)5/h17,19-20,22-33,42-46,48H,9-16,18H2,1-8H3,(H,49,50,51)/p-1/t19-,20-,22-,23+,24+,25+,26+,27-,28+,29+,30-,31-,32+,33+,37-,38+,39+,40+,41-/m1/s1. The normalized spacial score (nSPS) is 54.1. The highest BCUT2D eigenvalue weighted by Gasteiger charge is 2.87. The fourth-order valence-corrected chi connectivity index (χ4v) is 14.2. The van der Waals surface area contributed by atoms with Gasteiger partial charge < -0.3 is 63.6 Å². The molecule has 59 heavy (non-hydrogen) atoms. The number of aliphatic hydroxyl groups is 6. The second-order valence-electron chi connectivity index (χ2n) is 20.7. The predicted octanol–water partition coefficient (Wildman–Crippen LogP) is 1.09. The molecule has 17 nitrogen and oxygen atoms in total. The Labute approximate surface area is 345 Å². The van der Waals surface area contributed by atoms with Crippen LogP contribution in [0.2, 0.25) is 0 Å². The number of carbonyl (C=O) groups is 1. The summed E-state index contributed by atoms with van der Waals surface area (Å²) in [5, 5.41) is 68.1. The summed E-state index contributed by atoms with van der Waals surface area (Å²) >= 11 is 0. The Morgan fingerprint density at radius 2 is 1.53 bits per heavy atom. The van der Waals surface area contributed by atoms with Crippen molar-refractivity contribution in [1.29, 1.82) is 0 Å². The number of cyclic esters (lactones) is 1. The van der Waals surface area contributed by atoms with E-state index >= 15 is 0 Å². The Bertz CT molecular complexity index is 1820. The van der Waals surface area contributed by atoms with Crippen molar-refractivity contribution in [3.63, 3.8) is 0 Å². The summed E-state index contributed by atoms with van der Waals surface area (Å²) in [6.45, 7) is 15.0. The lowest BCUT2D eigenvalue weighted by Crippen LogP contribution is -2.69. The van der Waals surface area contributed by atoms with Crippen LogP contribution in [0.3, 0.4) is 0 Å². The molecule has 0 aromatic carbocycles. The van der Waals surface area contributed by atoms with Gasteiger partial charge in [-0.2, -0.15) is 0 Å². The van der Waals surface area contributed by atoms with Crippen molar-refractivity contribution in [2.75, 3.05) is 6.61 Å². The number of rotatable bonds is 7. The lowest BCUT2D eigenvalue weighted by atomic mass is 9.40. The Kier molecular flexibility index (Phi) is 10.6. The second kappa shape index (κ2) is 14.1. The van der Waals surface area contributed by atoms with Crippen molar-refractivity contribution < 1.29 is 81.0 Å². The Hall–Kier alpha value is -1.36. The van der Waals surface area contributed by atoms with Crippen LogP contribution in [0, 0.1) is 33.5 Å². The fraction of sp³-hybridized carbons (Fsp3) is 0.927. The molecule has 336 valence electrons. The third kappa shape index (κ3) is 6.16. The third-order valence-corrected chi connectivity index (χ3v) is 17.4.